The van der Waals surface area contributed by atoms with Gasteiger partial charge in [0, 0.05) is 40.8 Å². The molecule has 0 atom stereocenters. The molecule has 0 aliphatic carbocycles. The van der Waals surface area contributed by atoms with Crippen LogP contribution in [-0.4, -0.2) is 76.5 Å². The Morgan fingerprint density at radius 3 is 1.85 bits per heavy atom. The molecule has 0 heterocycles. The number of methoxy groups -OCH3 is 1. The van der Waals surface area contributed by atoms with E-state index in [1.807, 2.05) is 0 Å². The molecule has 0 aromatic heterocycles. The normalized spacial score (nSPS) is 12.0. The second-order valence-corrected chi connectivity index (χ2v) is 3.56. The number of nitrogens with zero attached hydrogens (tertiary/aromatic N) is 3. The van der Waals surface area contributed by atoms with Crippen molar-refractivity contribution in [2.45, 2.75) is 0 Å². The summed E-state index contributed by atoms with van der Waals surface area (Å²) in [7, 11) is 10.1. The van der Waals surface area contributed by atoms with Gasteiger partial charge in [-0.15, -0.1) is 0 Å². The number of hydrazine groups is 1. The molecule has 80 valence electrons. The van der Waals surface area contributed by atoms with Crippen LogP contribution in [0.3, 0.4) is 0 Å². The van der Waals surface area contributed by atoms with Gasteiger partial charge in [0.15, 0.2) is 0 Å². The first kappa shape index (κ1) is 12.8. The monoisotopic (exact) mass is 189 g/mol. The standard InChI is InChI=1S/C9H23N3O/c1-10(2)6-7-11(3)12(4)8-9-13-5/h6-9H2,1-5H3. The van der Waals surface area contributed by atoms with Crippen LogP contribution in [0.4, 0.5) is 0 Å². The third-order valence-electron chi connectivity index (χ3n) is 2.07. The van der Waals surface area contributed by atoms with Gasteiger partial charge in [0.05, 0.1) is 6.61 Å². The minimum atomic E-state index is 0.781. The minimum Gasteiger partial charge on any atom is -0.383 e. The third kappa shape index (κ3) is 6.95. The van der Waals surface area contributed by atoms with Gasteiger partial charge in [-0.25, -0.2) is 10.0 Å². The van der Waals surface area contributed by atoms with Crippen LogP contribution in [-0.2, 0) is 4.74 Å². The fraction of sp³-hybridized carbons (Fsp3) is 1.00. The van der Waals surface area contributed by atoms with Crippen molar-refractivity contribution in [3.63, 3.8) is 0 Å². The highest BCUT2D eigenvalue weighted by Gasteiger charge is 2.04. The van der Waals surface area contributed by atoms with Crippen molar-refractivity contribution in [3.8, 4) is 0 Å². The molecule has 0 spiro atoms. The van der Waals surface area contributed by atoms with Gasteiger partial charge in [0.1, 0.15) is 0 Å². The average Bonchev–Trinajstić information content (AvgIpc) is 2.10. The molecular weight excluding hydrogens is 166 g/mol. The lowest BCUT2D eigenvalue weighted by molar-refractivity contribution is 0.00250. The van der Waals surface area contributed by atoms with Crippen molar-refractivity contribution >= 4 is 0 Å². The quantitative estimate of drug-likeness (QED) is 0.524. The topological polar surface area (TPSA) is 19.0 Å². The molecule has 0 amide bonds. The van der Waals surface area contributed by atoms with E-state index in [1.54, 1.807) is 7.11 Å². The van der Waals surface area contributed by atoms with Gasteiger partial charge < -0.3 is 9.64 Å². The zero-order chi connectivity index (χ0) is 10.3. The summed E-state index contributed by atoms with van der Waals surface area (Å²) in [6, 6.07) is 0. The first-order valence-corrected chi connectivity index (χ1v) is 4.63. The zero-order valence-corrected chi connectivity index (χ0v) is 9.58. The maximum absolute atomic E-state index is 5.01. The van der Waals surface area contributed by atoms with E-state index in [4.69, 9.17) is 4.74 Å². The second kappa shape index (κ2) is 7.26. The molecule has 4 heteroatoms. The van der Waals surface area contributed by atoms with Gasteiger partial charge in [-0.3, -0.25) is 0 Å². The minimum absolute atomic E-state index is 0.781. The van der Waals surface area contributed by atoms with Crippen molar-refractivity contribution in [1.82, 2.24) is 14.9 Å². The SMILES string of the molecule is COCCN(C)N(C)CCN(C)C. The first-order chi connectivity index (χ1) is 6.07. The Labute approximate surface area is 82.0 Å². The predicted molar refractivity (Wildman–Crippen MR) is 55.7 cm³/mol. The molecule has 0 saturated heterocycles. The Kier molecular flexibility index (Phi) is 7.17. The fourth-order valence-corrected chi connectivity index (χ4v) is 0.910. The van der Waals surface area contributed by atoms with E-state index in [9.17, 15) is 0 Å². The van der Waals surface area contributed by atoms with Crippen LogP contribution in [0.1, 0.15) is 0 Å². The van der Waals surface area contributed by atoms with Crippen LogP contribution in [0.5, 0.6) is 0 Å². The highest BCUT2D eigenvalue weighted by atomic mass is 16.5. The highest BCUT2D eigenvalue weighted by molar-refractivity contribution is 4.51. The van der Waals surface area contributed by atoms with Crippen molar-refractivity contribution in [2.24, 2.45) is 0 Å². The molecule has 4 nitrogen and oxygen atoms in total. The lowest BCUT2D eigenvalue weighted by Crippen LogP contribution is -2.42. The molecule has 0 fully saturated rings. The Balaban J connectivity index is 3.50. The zero-order valence-electron chi connectivity index (χ0n) is 9.58. The third-order valence-corrected chi connectivity index (χ3v) is 2.07. The van der Waals surface area contributed by atoms with Crippen molar-refractivity contribution in [1.29, 1.82) is 0 Å². The van der Waals surface area contributed by atoms with Gasteiger partial charge in [0.25, 0.3) is 0 Å². The van der Waals surface area contributed by atoms with E-state index in [0.29, 0.717) is 0 Å². The van der Waals surface area contributed by atoms with E-state index < -0.39 is 0 Å². The lowest BCUT2D eigenvalue weighted by atomic mass is 10.5. The molecule has 0 saturated carbocycles. The molecule has 0 N–H and O–H groups in total. The molecule has 0 unspecified atom stereocenters. The van der Waals surface area contributed by atoms with Crippen LogP contribution >= 0.6 is 0 Å². The summed E-state index contributed by atoms with van der Waals surface area (Å²) in [4.78, 5) is 2.18. The maximum atomic E-state index is 5.01. The number of hydrogen-bond acceptors (Lipinski definition) is 4. The lowest BCUT2D eigenvalue weighted by Gasteiger charge is -2.28. The summed E-state index contributed by atoms with van der Waals surface area (Å²) in [5.74, 6) is 0. The highest BCUT2D eigenvalue weighted by Crippen LogP contribution is 1.90. The van der Waals surface area contributed by atoms with E-state index in [-0.39, 0.29) is 0 Å². The molecule has 0 aliphatic heterocycles. The molecular formula is C9H23N3O. The number of ether oxygens (including phenoxy) is 1. The Hall–Kier alpha value is -0.160. The Bertz CT molecular complexity index is 119. The van der Waals surface area contributed by atoms with Gasteiger partial charge in [0.2, 0.25) is 0 Å². The van der Waals surface area contributed by atoms with Gasteiger partial charge in [-0.05, 0) is 14.1 Å². The van der Waals surface area contributed by atoms with Gasteiger partial charge in [-0.2, -0.15) is 0 Å². The molecule has 0 aliphatic rings. The summed E-state index contributed by atoms with van der Waals surface area (Å²) >= 11 is 0. The summed E-state index contributed by atoms with van der Waals surface area (Å²) in [6.07, 6.45) is 0. The number of rotatable bonds is 7. The molecule has 0 rings (SSSR count). The van der Waals surface area contributed by atoms with Crippen LogP contribution in [0.2, 0.25) is 0 Å². The number of hydrogen-bond donors (Lipinski definition) is 0. The predicted octanol–water partition coefficient (Wildman–Crippen LogP) is -0.0270. The van der Waals surface area contributed by atoms with E-state index in [0.717, 1.165) is 26.2 Å². The second-order valence-electron chi connectivity index (χ2n) is 3.56. The van der Waals surface area contributed by atoms with E-state index in [1.165, 1.54) is 0 Å². The average molecular weight is 189 g/mol. The summed E-state index contributed by atoms with van der Waals surface area (Å²) in [6.45, 7) is 3.85. The van der Waals surface area contributed by atoms with Crippen LogP contribution in [0.25, 0.3) is 0 Å². The van der Waals surface area contributed by atoms with Gasteiger partial charge in [-0.1, -0.05) is 0 Å². The van der Waals surface area contributed by atoms with Crippen LogP contribution < -0.4 is 0 Å². The van der Waals surface area contributed by atoms with Crippen LogP contribution in [0.15, 0.2) is 0 Å². The van der Waals surface area contributed by atoms with Crippen molar-refractivity contribution < 1.29 is 4.74 Å². The molecule has 13 heavy (non-hydrogen) atoms. The maximum Gasteiger partial charge on any atom is 0.0603 e. The fourth-order valence-electron chi connectivity index (χ4n) is 0.910. The van der Waals surface area contributed by atoms with Gasteiger partial charge >= 0.3 is 0 Å². The molecule has 0 aromatic rings. The Morgan fingerprint density at radius 1 is 0.846 bits per heavy atom. The molecule has 0 aromatic carbocycles. The largest absolute Gasteiger partial charge is 0.383 e. The molecule has 0 radical (unpaired) electrons. The van der Waals surface area contributed by atoms with Crippen molar-refractivity contribution in [3.05, 3.63) is 0 Å². The summed E-state index contributed by atoms with van der Waals surface area (Å²) < 4.78 is 5.01. The Morgan fingerprint density at radius 2 is 1.38 bits per heavy atom. The first-order valence-electron chi connectivity index (χ1n) is 4.63. The summed E-state index contributed by atoms with van der Waals surface area (Å²) in [5, 5.41) is 4.38. The molecule has 0 bridgehead atoms. The van der Waals surface area contributed by atoms with Crippen molar-refractivity contribution in [2.75, 3.05) is 61.5 Å². The van der Waals surface area contributed by atoms with Crippen LogP contribution in [0, 0.1) is 0 Å². The number of likely N-dealkylation sites (N-methyl/N-ethyl adjacent to an activating group) is 3. The van der Waals surface area contributed by atoms with E-state index in [2.05, 4.69) is 43.1 Å². The summed E-state index contributed by atoms with van der Waals surface area (Å²) in [5.41, 5.74) is 0. The van der Waals surface area contributed by atoms with E-state index >= 15 is 0 Å². The smallest absolute Gasteiger partial charge is 0.0603 e.